The van der Waals surface area contributed by atoms with Crippen LogP contribution in [-0.2, 0) is 0 Å². The van der Waals surface area contributed by atoms with E-state index < -0.39 is 0 Å². The van der Waals surface area contributed by atoms with E-state index in [0.29, 0.717) is 16.4 Å². The predicted octanol–water partition coefficient (Wildman–Crippen LogP) is 4.47. The number of piperidine rings is 1. The Bertz CT molecular complexity index is 267. The van der Waals surface area contributed by atoms with Crippen molar-refractivity contribution in [1.82, 2.24) is 4.90 Å². The summed E-state index contributed by atoms with van der Waals surface area (Å²) < 4.78 is 0. The monoisotopic (exact) mass is 237 g/mol. The average molecular weight is 237 g/mol. The standard InChI is InChI=1S/C16H31N/c1-14(2,16(5)9-10-16)13-15(3,4)17-11-7-6-8-12-17/h6-13H2,1-5H3. The summed E-state index contributed by atoms with van der Waals surface area (Å²) in [6.45, 7) is 15.0. The molecular weight excluding hydrogens is 206 g/mol. The van der Waals surface area contributed by atoms with Gasteiger partial charge in [-0.25, -0.2) is 0 Å². The van der Waals surface area contributed by atoms with E-state index in [0.717, 1.165) is 0 Å². The van der Waals surface area contributed by atoms with Gasteiger partial charge in [0.2, 0.25) is 0 Å². The molecule has 0 N–H and O–H groups in total. The van der Waals surface area contributed by atoms with Crippen LogP contribution < -0.4 is 0 Å². The molecule has 2 fully saturated rings. The Morgan fingerprint density at radius 2 is 1.47 bits per heavy atom. The van der Waals surface area contributed by atoms with E-state index in [1.807, 2.05) is 0 Å². The molecule has 0 radical (unpaired) electrons. The van der Waals surface area contributed by atoms with E-state index in [-0.39, 0.29) is 0 Å². The second-order valence-corrected chi connectivity index (χ2v) is 7.98. The number of likely N-dealkylation sites (tertiary alicyclic amines) is 1. The van der Waals surface area contributed by atoms with Gasteiger partial charge in [-0.3, -0.25) is 4.90 Å². The van der Waals surface area contributed by atoms with Crippen LogP contribution in [0.2, 0.25) is 0 Å². The van der Waals surface area contributed by atoms with Gasteiger partial charge in [0, 0.05) is 5.54 Å². The minimum absolute atomic E-state index is 0.384. The fourth-order valence-corrected chi connectivity index (χ4v) is 3.77. The Morgan fingerprint density at radius 1 is 0.941 bits per heavy atom. The molecule has 0 amide bonds. The molecule has 17 heavy (non-hydrogen) atoms. The maximum Gasteiger partial charge on any atom is 0.0158 e. The van der Waals surface area contributed by atoms with Crippen molar-refractivity contribution in [2.75, 3.05) is 13.1 Å². The zero-order valence-corrected chi connectivity index (χ0v) is 12.6. The van der Waals surface area contributed by atoms with E-state index in [2.05, 4.69) is 39.5 Å². The highest BCUT2D eigenvalue weighted by Gasteiger charge is 2.52. The summed E-state index contributed by atoms with van der Waals surface area (Å²) in [6.07, 6.45) is 8.47. The maximum atomic E-state index is 2.74. The Morgan fingerprint density at radius 3 is 1.94 bits per heavy atom. The lowest BCUT2D eigenvalue weighted by molar-refractivity contribution is 0.0312. The fraction of sp³-hybridized carbons (Fsp3) is 1.00. The highest BCUT2D eigenvalue weighted by molar-refractivity contribution is 5.03. The van der Waals surface area contributed by atoms with Crippen LogP contribution in [0.15, 0.2) is 0 Å². The molecule has 1 aliphatic carbocycles. The molecule has 1 heterocycles. The van der Waals surface area contributed by atoms with Crippen molar-refractivity contribution >= 4 is 0 Å². The van der Waals surface area contributed by atoms with Gasteiger partial charge in [0.05, 0.1) is 0 Å². The molecule has 0 atom stereocenters. The second kappa shape index (κ2) is 4.26. The van der Waals surface area contributed by atoms with Crippen LogP contribution in [0.4, 0.5) is 0 Å². The summed E-state index contributed by atoms with van der Waals surface area (Å²) in [6, 6.07) is 0. The van der Waals surface area contributed by atoms with Gasteiger partial charge in [0.25, 0.3) is 0 Å². The minimum Gasteiger partial charge on any atom is -0.298 e. The molecule has 0 aromatic rings. The smallest absolute Gasteiger partial charge is 0.0158 e. The normalized spacial score (nSPS) is 25.9. The summed E-state index contributed by atoms with van der Waals surface area (Å²) in [4.78, 5) is 2.74. The first-order chi connectivity index (χ1) is 7.77. The van der Waals surface area contributed by atoms with Gasteiger partial charge in [-0.05, 0) is 69.9 Å². The summed E-state index contributed by atoms with van der Waals surface area (Å²) in [7, 11) is 0. The Balaban J connectivity index is 2.00. The first-order valence-electron chi connectivity index (χ1n) is 7.52. The van der Waals surface area contributed by atoms with Gasteiger partial charge in [0.1, 0.15) is 0 Å². The first kappa shape index (κ1) is 13.4. The van der Waals surface area contributed by atoms with E-state index >= 15 is 0 Å². The molecule has 1 saturated carbocycles. The van der Waals surface area contributed by atoms with Crippen molar-refractivity contribution in [3.8, 4) is 0 Å². The Hall–Kier alpha value is -0.0400. The largest absolute Gasteiger partial charge is 0.298 e. The van der Waals surface area contributed by atoms with Gasteiger partial charge in [-0.1, -0.05) is 27.2 Å². The molecule has 2 rings (SSSR count). The minimum atomic E-state index is 0.384. The zero-order valence-electron chi connectivity index (χ0n) is 12.6. The summed E-state index contributed by atoms with van der Waals surface area (Å²) >= 11 is 0. The van der Waals surface area contributed by atoms with Crippen LogP contribution >= 0.6 is 0 Å². The Labute approximate surface area is 108 Å². The third kappa shape index (κ3) is 2.70. The quantitative estimate of drug-likeness (QED) is 0.697. The summed E-state index contributed by atoms with van der Waals surface area (Å²) in [5.41, 5.74) is 1.50. The molecule has 0 aromatic heterocycles. The molecule has 1 saturated heterocycles. The summed E-state index contributed by atoms with van der Waals surface area (Å²) in [5.74, 6) is 0. The predicted molar refractivity (Wildman–Crippen MR) is 75.2 cm³/mol. The van der Waals surface area contributed by atoms with Crippen LogP contribution in [0.5, 0.6) is 0 Å². The van der Waals surface area contributed by atoms with E-state index in [1.54, 1.807) is 0 Å². The van der Waals surface area contributed by atoms with Gasteiger partial charge in [0.15, 0.2) is 0 Å². The van der Waals surface area contributed by atoms with Crippen molar-refractivity contribution in [3.05, 3.63) is 0 Å². The van der Waals surface area contributed by atoms with E-state index in [4.69, 9.17) is 0 Å². The Kier molecular flexibility index (Phi) is 3.36. The molecule has 1 heteroatoms. The van der Waals surface area contributed by atoms with E-state index in [9.17, 15) is 0 Å². The van der Waals surface area contributed by atoms with Gasteiger partial charge in [-0.15, -0.1) is 0 Å². The molecule has 100 valence electrons. The van der Waals surface area contributed by atoms with Crippen LogP contribution in [0.25, 0.3) is 0 Å². The third-order valence-corrected chi connectivity index (χ3v) is 5.72. The first-order valence-corrected chi connectivity index (χ1v) is 7.52. The van der Waals surface area contributed by atoms with E-state index in [1.165, 1.54) is 51.6 Å². The van der Waals surface area contributed by atoms with Crippen LogP contribution in [0.3, 0.4) is 0 Å². The van der Waals surface area contributed by atoms with Crippen molar-refractivity contribution < 1.29 is 0 Å². The molecule has 2 aliphatic rings. The lowest BCUT2D eigenvalue weighted by atomic mass is 9.69. The highest BCUT2D eigenvalue weighted by atomic mass is 15.2. The van der Waals surface area contributed by atoms with Crippen LogP contribution in [0.1, 0.15) is 73.1 Å². The molecule has 0 spiro atoms. The second-order valence-electron chi connectivity index (χ2n) is 7.98. The zero-order chi connectivity index (χ0) is 12.7. The average Bonchev–Trinajstić information content (AvgIpc) is 2.98. The fourth-order valence-electron chi connectivity index (χ4n) is 3.77. The lowest BCUT2D eigenvalue weighted by Gasteiger charge is -2.47. The number of hydrogen-bond acceptors (Lipinski definition) is 1. The van der Waals surface area contributed by atoms with Crippen LogP contribution in [-0.4, -0.2) is 23.5 Å². The molecular formula is C16H31N. The van der Waals surface area contributed by atoms with Gasteiger partial charge in [-0.2, -0.15) is 0 Å². The lowest BCUT2D eigenvalue weighted by Crippen LogP contribution is -2.50. The van der Waals surface area contributed by atoms with Crippen molar-refractivity contribution in [2.45, 2.75) is 78.7 Å². The number of rotatable bonds is 4. The van der Waals surface area contributed by atoms with Crippen molar-refractivity contribution in [3.63, 3.8) is 0 Å². The molecule has 0 aromatic carbocycles. The number of hydrogen-bond donors (Lipinski definition) is 0. The van der Waals surface area contributed by atoms with Gasteiger partial charge < -0.3 is 0 Å². The maximum absolute atomic E-state index is 2.74. The SMILES string of the molecule is CC(C)(CC(C)(C)C1(C)CC1)N1CCCCC1. The van der Waals surface area contributed by atoms with Crippen LogP contribution in [0, 0.1) is 10.8 Å². The third-order valence-electron chi connectivity index (χ3n) is 5.72. The molecule has 1 aliphatic heterocycles. The number of nitrogens with zero attached hydrogens (tertiary/aromatic N) is 1. The summed E-state index contributed by atoms with van der Waals surface area (Å²) in [5, 5.41) is 0. The molecule has 0 bridgehead atoms. The van der Waals surface area contributed by atoms with Gasteiger partial charge >= 0.3 is 0 Å². The highest BCUT2D eigenvalue weighted by Crippen LogP contribution is 2.61. The van der Waals surface area contributed by atoms with Crippen molar-refractivity contribution in [2.24, 2.45) is 10.8 Å². The topological polar surface area (TPSA) is 3.24 Å². The molecule has 1 nitrogen and oxygen atoms in total. The van der Waals surface area contributed by atoms with Crippen molar-refractivity contribution in [1.29, 1.82) is 0 Å². The molecule has 0 unspecified atom stereocenters.